The van der Waals surface area contributed by atoms with Crippen molar-refractivity contribution in [3.8, 4) is 11.5 Å². The number of nitrogens with zero attached hydrogens (tertiary/aromatic N) is 1. The maximum atomic E-state index is 13.7. The molecule has 180 valence electrons. The van der Waals surface area contributed by atoms with Crippen molar-refractivity contribution in [2.75, 3.05) is 27.3 Å². The first-order valence-electron chi connectivity index (χ1n) is 11.7. The fraction of sp³-hybridized carbons (Fsp3) is 0.286. The standard InChI is InChI=1S/C28H27ClN2O4/c1-34-23-15-18-12-14-31-26(22(18)16-24(23)35-2)25(20-5-3-4-6-21(20)28(31)33)27(32)30-13-11-17-7-9-19(29)10-8-17/h3-10,15-16,25-26H,11-14H2,1-2H3,(H,30,32)/t25-,26+/m0/s1. The van der Waals surface area contributed by atoms with Crippen molar-refractivity contribution < 1.29 is 19.1 Å². The van der Waals surface area contributed by atoms with Crippen LogP contribution in [0.15, 0.2) is 60.7 Å². The fourth-order valence-corrected chi connectivity index (χ4v) is 5.35. The molecule has 7 heteroatoms. The number of rotatable bonds is 6. The number of carbonyl (C=O) groups is 2. The van der Waals surface area contributed by atoms with Gasteiger partial charge in [-0.25, -0.2) is 0 Å². The first-order valence-corrected chi connectivity index (χ1v) is 12.1. The smallest absolute Gasteiger partial charge is 0.254 e. The van der Waals surface area contributed by atoms with Crippen molar-refractivity contribution in [2.45, 2.75) is 24.8 Å². The largest absolute Gasteiger partial charge is 0.493 e. The molecular formula is C28H27ClN2O4. The van der Waals surface area contributed by atoms with Crippen molar-refractivity contribution >= 4 is 23.4 Å². The van der Waals surface area contributed by atoms with E-state index >= 15 is 0 Å². The highest BCUT2D eigenvalue weighted by molar-refractivity contribution is 6.30. The number of nitrogens with one attached hydrogen (secondary N) is 1. The zero-order chi connectivity index (χ0) is 24.5. The van der Waals surface area contributed by atoms with Crippen molar-refractivity contribution in [1.82, 2.24) is 10.2 Å². The molecular weight excluding hydrogens is 464 g/mol. The van der Waals surface area contributed by atoms with Crippen LogP contribution in [0.2, 0.25) is 5.02 Å². The highest BCUT2D eigenvalue weighted by Gasteiger charge is 2.46. The van der Waals surface area contributed by atoms with Crippen LogP contribution in [0.25, 0.3) is 0 Å². The van der Waals surface area contributed by atoms with Gasteiger partial charge in [-0.15, -0.1) is 0 Å². The number of halogens is 1. The van der Waals surface area contributed by atoms with Gasteiger partial charge in [0, 0.05) is 23.7 Å². The third kappa shape index (κ3) is 4.23. The van der Waals surface area contributed by atoms with Gasteiger partial charge < -0.3 is 19.7 Å². The Kier molecular flexibility index (Phi) is 6.39. The van der Waals surface area contributed by atoms with Gasteiger partial charge in [0.15, 0.2) is 11.5 Å². The summed E-state index contributed by atoms with van der Waals surface area (Å²) in [7, 11) is 3.20. The summed E-state index contributed by atoms with van der Waals surface area (Å²) < 4.78 is 11.1. The number of carbonyl (C=O) groups excluding carboxylic acids is 2. The minimum Gasteiger partial charge on any atom is -0.493 e. The lowest BCUT2D eigenvalue weighted by molar-refractivity contribution is -0.124. The van der Waals surface area contributed by atoms with Crippen LogP contribution in [0.1, 0.15) is 44.6 Å². The molecule has 3 aromatic carbocycles. The van der Waals surface area contributed by atoms with Gasteiger partial charge in [0.25, 0.3) is 5.91 Å². The van der Waals surface area contributed by atoms with E-state index in [9.17, 15) is 9.59 Å². The van der Waals surface area contributed by atoms with Crippen LogP contribution in [-0.4, -0.2) is 44.0 Å². The van der Waals surface area contributed by atoms with E-state index in [0.717, 1.165) is 22.3 Å². The molecule has 0 aromatic heterocycles. The summed E-state index contributed by atoms with van der Waals surface area (Å²) in [6.45, 7) is 1.02. The van der Waals surface area contributed by atoms with Crippen molar-refractivity contribution in [3.05, 3.63) is 93.5 Å². The Morgan fingerprint density at radius 3 is 2.49 bits per heavy atom. The summed E-state index contributed by atoms with van der Waals surface area (Å²) in [6, 6.07) is 18.5. The second-order valence-corrected chi connectivity index (χ2v) is 9.27. The highest BCUT2D eigenvalue weighted by atomic mass is 35.5. The van der Waals surface area contributed by atoms with Crippen LogP contribution < -0.4 is 14.8 Å². The summed E-state index contributed by atoms with van der Waals surface area (Å²) in [5.41, 5.74) is 4.43. The average Bonchev–Trinajstić information content (AvgIpc) is 2.89. The Balaban J connectivity index is 1.51. The van der Waals surface area contributed by atoms with Gasteiger partial charge >= 0.3 is 0 Å². The predicted octanol–water partition coefficient (Wildman–Crippen LogP) is 4.55. The molecule has 0 spiro atoms. The first kappa shape index (κ1) is 23.2. The van der Waals surface area contributed by atoms with Gasteiger partial charge in [0.05, 0.1) is 26.2 Å². The van der Waals surface area contributed by atoms with Crippen LogP contribution in [0.3, 0.4) is 0 Å². The third-order valence-electron chi connectivity index (χ3n) is 6.93. The zero-order valence-corrected chi connectivity index (χ0v) is 20.5. The maximum absolute atomic E-state index is 13.7. The lowest BCUT2D eigenvalue weighted by Gasteiger charge is -2.45. The normalized spacial score (nSPS) is 18.3. The van der Waals surface area contributed by atoms with Gasteiger partial charge in [-0.05, 0) is 65.4 Å². The minimum absolute atomic E-state index is 0.0451. The second kappa shape index (κ2) is 9.62. The van der Waals surface area contributed by atoms with Gasteiger partial charge in [0.2, 0.25) is 5.91 Å². The molecule has 0 aliphatic carbocycles. The second-order valence-electron chi connectivity index (χ2n) is 8.83. The molecule has 1 N–H and O–H groups in total. The van der Waals surface area contributed by atoms with Crippen LogP contribution in [0, 0.1) is 0 Å². The third-order valence-corrected chi connectivity index (χ3v) is 7.19. The number of ether oxygens (including phenoxy) is 2. The molecule has 5 rings (SSSR count). The zero-order valence-electron chi connectivity index (χ0n) is 19.7. The number of benzene rings is 3. The van der Waals surface area contributed by atoms with Crippen LogP contribution in [-0.2, 0) is 17.6 Å². The van der Waals surface area contributed by atoms with Gasteiger partial charge in [-0.3, -0.25) is 9.59 Å². The monoisotopic (exact) mass is 490 g/mol. The van der Waals surface area contributed by atoms with Gasteiger partial charge in [-0.2, -0.15) is 0 Å². The summed E-state index contributed by atoms with van der Waals surface area (Å²) in [6.07, 6.45) is 1.37. The molecule has 2 aliphatic heterocycles. The SMILES string of the molecule is COc1cc2c(cc1OC)[C@@H]1[C@@H](C(=O)NCCc3ccc(Cl)cc3)c3ccccc3C(=O)N1CC2. The summed E-state index contributed by atoms with van der Waals surface area (Å²) in [5, 5.41) is 3.80. The molecule has 0 bridgehead atoms. The molecule has 2 aliphatic rings. The average molecular weight is 491 g/mol. The summed E-state index contributed by atoms with van der Waals surface area (Å²) >= 11 is 5.99. The van der Waals surface area contributed by atoms with Crippen molar-refractivity contribution in [1.29, 1.82) is 0 Å². The van der Waals surface area contributed by atoms with E-state index in [1.165, 1.54) is 0 Å². The lowest BCUT2D eigenvalue weighted by Crippen LogP contribution is -2.50. The van der Waals surface area contributed by atoms with E-state index in [1.54, 1.807) is 14.2 Å². The molecule has 2 amide bonds. The Hall–Kier alpha value is -3.51. The van der Waals surface area contributed by atoms with Crippen molar-refractivity contribution in [3.63, 3.8) is 0 Å². The van der Waals surface area contributed by atoms with E-state index in [0.29, 0.717) is 48.0 Å². The van der Waals surface area contributed by atoms with E-state index in [4.69, 9.17) is 21.1 Å². The van der Waals surface area contributed by atoms with Crippen LogP contribution in [0.4, 0.5) is 0 Å². The molecule has 0 saturated heterocycles. The molecule has 0 saturated carbocycles. The predicted molar refractivity (Wildman–Crippen MR) is 134 cm³/mol. The number of methoxy groups -OCH3 is 2. The number of amides is 2. The summed E-state index contributed by atoms with van der Waals surface area (Å²) in [5.74, 6) is 0.548. The molecule has 2 atom stereocenters. The van der Waals surface area contributed by atoms with E-state index in [2.05, 4.69) is 5.32 Å². The Morgan fingerprint density at radius 1 is 1.03 bits per heavy atom. The molecule has 2 heterocycles. The summed E-state index contributed by atoms with van der Waals surface area (Å²) in [4.78, 5) is 29.0. The topological polar surface area (TPSA) is 67.9 Å². The molecule has 0 radical (unpaired) electrons. The molecule has 6 nitrogen and oxygen atoms in total. The first-order chi connectivity index (χ1) is 17.0. The quantitative estimate of drug-likeness (QED) is 0.550. The Labute approximate surface area is 209 Å². The Morgan fingerprint density at radius 2 is 1.74 bits per heavy atom. The lowest BCUT2D eigenvalue weighted by atomic mass is 9.75. The van der Waals surface area contributed by atoms with Gasteiger partial charge in [0.1, 0.15) is 0 Å². The number of fused-ring (bicyclic) bond motifs is 4. The number of hydrogen-bond acceptors (Lipinski definition) is 4. The van der Waals surface area contributed by atoms with E-state index in [-0.39, 0.29) is 11.8 Å². The van der Waals surface area contributed by atoms with Gasteiger partial charge in [-0.1, -0.05) is 41.9 Å². The van der Waals surface area contributed by atoms with Crippen molar-refractivity contribution in [2.24, 2.45) is 0 Å². The van der Waals surface area contributed by atoms with Crippen LogP contribution >= 0.6 is 11.6 Å². The molecule has 35 heavy (non-hydrogen) atoms. The molecule has 0 fully saturated rings. The van der Waals surface area contributed by atoms with Crippen LogP contribution in [0.5, 0.6) is 11.5 Å². The maximum Gasteiger partial charge on any atom is 0.254 e. The molecule has 0 unspecified atom stereocenters. The minimum atomic E-state index is -0.536. The fourth-order valence-electron chi connectivity index (χ4n) is 5.23. The number of hydrogen-bond donors (Lipinski definition) is 1. The highest BCUT2D eigenvalue weighted by Crippen LogP contribution is 2.48. The molecule has 3 aromatic rings. The van der Waals surface area contributed by atoms with E-state index in [1.807, 2.05) is 65.6 Å². The Bertz CT molecular complexity index is 1270. The van der Waals surface area contributed by atoms with E-state index < -0.39 is 12.0 Å².